The van der Waals surface area contributed by atoms with E-state index in [0.29, 0.717) is 5.92 Å². The molecule has 1 unspecified atom stereocenters. The Labute approximate surface area is 90.2 Å². The van der Waals surface area contributed by atoms with Crippen molar-refractivity contribution >= 4 is 17.7 Å². The van der Waals surface area contributed by atoms with E-state index < -0.39 is 0 Å². The Morgan fingerprint density at radius 3 is 2.71 bits per heavy atom. The molecular weight excluding hydrogens is 198 g/mol. The minimum Gasteiger partial charge on any atom is -0.468 e. The van der Waals surface area contributed by atoms with Crippen molar-refractivity contribution in [1.82, 2.24) is 4.90 Å². The number of rotatable bonds is 6. The lowest BCUT2D eigenvalue weighted by Gasteiger charge is -2.25. The van der Waals surface area contributed by atoms with Crippen LogP contribution < -0.4 is 0 Å². The quantitative estimate of drug-likeness (QED) is 0.626. The molecule has 0 aromatic heterocycles. The van der Waals surface area contributed by atoms with E-state index in [1.165, 1.54) is 20.0 Å². The third kappa shape index (κ3) is 3.17. The summed E-state index contributed by atoms with van der Waals surface area (Å²) in [5.74, 6) is 1.53. The fourth-order valence-corrected chi connectivity index (χ4v) is 2.11. The van der Waals surface area contributed by atoms with Crippen molar-refractivity contribution in [3.8, 4) is 0 Å². The third-order valence-corrected chi connectivity index (χ3v) is 3.23. The number of carbonyl (C=O) groups excluding carboxylic acids is 1. The van der Waals surface area contributed by atoms with E-state index >= 15 is 0 Å². The molecule has 0 N–H and O–H groups in total. The smallest absolute Gasteiger partial charge is 0.323 e. The van der Waals surface area contributed by atoms with Crippen molar-refractivity contribution in [1.29, 1.82) is 0 Å². The van der Waals surface area contributed by atoms with Crippen LogP contribution in [0.4, 0.5) is 0 Å². The second kappa shape index (κ2) is 5.61. The van der Waals surface area contributed by atoms with Crippen molar-refractivity contribution in [2.24, 2.45) is 5.92 Å². The second-order valence-electron chi connectivity index (χ2n) is 3.78. The van der Waals surface area contributed by atoms with Crippen LogP contribution in [0.15, 0.2) is 0 Å². The zero-order valence-electron chi connectivity index (χ0n) is 9.16. The van der Waals surface area contributed by atoms with Crippen LogP contribution in [0, 0.1) is 5.92 Å². The van der Waals surface area contributed by atoms with Crippen LogP contribution in [-0.2, 0) is 9.53 Å². The molecule has 0 radical (unpaired) electrons. The average molecular weight is 217 g/mol. The van der Waals surface area contributed by atoms with Gasteiger partial charge >= 0.3 is 5.97 Å². The van der Waals surface area contributed by atoms with Crippen molar-refractivity contribution in [2.75, 3.05) is 32.7 Å². The summed E-state index contributed by atoms with van der Waals surface area (Å²) in [4.78, 5) is 13.7. The van der Waals surface area contributed by atoms with Gasteiger partial charge in [-0.2, -0.15) is 11.8 Å². The first-order valence-electron chi connectivity index (χ1n) is 4.97. The van der Waals surface area contributed by atoms with E-state index in [-0.39, 0.29) is 12.0 Å². The lowest BCUT2D eigenvalue weighted by molar-refractivity contribution is -0.147. The highest BCUT2D eigenvalue weighted by Crippen LogP contribution is 2.35. The predicted octanol–water partition coefficient (Wildman–Crippen LogP) is 1.23. The predicted molar refractivity (Wildman–Crippen MR) is 59.5 cm³/mol. The van der Waals surface area contributed by atoms with Gasteiger partial charge in [-0.1, -0.05) is 0 Å². The summed E-state index contributed by atoms with van der Waals surface area (Å²) in [6.07, 6.45) is 4.42. The van der Waals surface area contributed by atoms with Crippen LogP contribution >= 0.6 is 11.8 Å². The number of nitrogens with zero attached hydrogens (tertiary/aromatic N) is 1. The molecule has 0 saturated heterocycles. The highest BCUT2D eigenvalue weighted by molar-refractivity contribution is 7.98. The molecule has 1 saturated carbocycles. The largest absolute Gasteiger partial charge is 0.468 e. The van der Waals surface area contributed by atoms with Gasteiger partial charge in [-0.05, 0) is 32.1 Å². The number of carbonyl (C=O) groups is 1. The maximum Gasteiger partial charge on any atom is 0.323 e. The van der Waals surface area contributed by atoms with E-state index in [0.717, 1.165) is 12.3 Å². The Bertz CT molecular complexity index is 195. The van der Waals surface area contributed by atoms with E-state index in [1.807, 2.05) is 7.05 Å². The molecule has 3 nitrogen and oxygen atoms in total. The minimum atomic E-state index is -0.0731. The van der Waals surface area contributed by atoms with Gasteiger partial charge in [0.05, 0.1) is 7.11 Å². The Morgan fingerprint density at radius 1 is 1.64 bits per heavy atom. The zero-order valence-corrected chi connectivity index (χ0v) is 9.97. The number of esters is 1. The first-order valence-corrected chi connectivity index (χ1v) is 6.37. The molecule has 14 heavy (non-hydrogen) atoms. The standard InChI is InChI=1S/C10H19NO2S/c1-11(6-7-14-3)9(8-4-5-8)10(12)13-2/h8-9H,4-7H2,1-3H3. The Morgan fingerprint density at radius 2 is 2.29 bits per heavy atom. The molecule has 4 heteroatoms. The van der Waals surface area contributed by atoms with E-state index in [4.69, 9.17) is 4.74 Å². The topological polar surface area (TPSA) is 29.5 Å². The Kier molecular flexibility index (Phi) is 4.75. The Balaban J connectivity index is 2.44. The maximum absolute atomic E-state index is 11.5. The summed E-state index contributed by atoms with van der Waals surface area (Å²) in [7, 11) is 3.48. The summed E-state index contributed by atoms with van der Waals surface area (Å²) in [5, 5.41) is 0. The van der Waals surface area contributed by atoms with Gasteiger partial charge in [-0.3, -0.25) is 9.69 Å². The number of ether oxygens (including phenoxy) is 1. The Hall–Kier alpha value is -0.220. The van der Waals surface area contributed by atoms with Crippen LogP contribution in [0.1, 0.15) is 12.8 Å². The van der Waals surface area contributed by atoms with E-state index in [1.54, 1.807) is 11.8 Å². The van der Waals surface area contributed by atoms with Crippen LogP contribution in [0.2, 0.25) is 0 Å². The molecule has 0 spiro atoms. The lowest BCUT2D eigenvalue weighted by Crippen LogP contribution is -2.42. The van der Waals surface area contributed by atoms with E-state index in [9.17, 15) is 4.79 Å². The minimum absolute atomic E-state index is 0.00727. The molecule has 0 aromatic carbocycles. The van der Waals surface area contributed by atoms with Gasteiger partial charge in [0.1, 0.15) is 6.04 Å². The van der Waals surface area contributed by atoms with E-state index in [2.05, 4.69) is 11.2 Å². The molecule has 0 aliphatic heterocycles. The second-order valence-corrected chi connectivity index (χ2v) is 4.76. The summed E-state index contributed by atoms with van der Waals surface area (Å²) in [6, 6.07) is -0.00727. The summed E-state index contributed by atoms with van der Waals surface area (Å²) < 4.78 is 4.83. The average Bonchev–Trinajstić information content (AvgIpc) is 2.98. The summed E-state index contributed by atoms with van der Waals surface area (Å²) >= 11 is 1.81. The molecule has 0 aromatic rings. The fourth-order valence-electron chi connectivity index (χ4n) is 1.64. The van der Waals surface area contributed by atoms with Crippen LogP contribution in [-0.4, -0.2) is 49.6 Å². The molecule has 1 aliphatic carbocycles. The highest BCUT2D eigenvalue weighted by atomic mass is 32.2. The van der Waals surface area contributed by atoms with Gasteiger partial charge in [0.25, 0.3) is 0 Å². The SMILES string of the molecule is COC(=O)C(C1CC1)N(C)CCSC. The van der Waals surface area contributed by atoms with Crippen LogP contribution in [0.5, 0.6) is 0 Å². The molecule has 82 valence electrons. The van der Waals surface area contributed by atoms with Crippen molar-refractivity contribution < 1.29 is 9.53 Å². The molecule has 1 fully saturated rings. The molecule has 1 rings (SSSR count). The number of methoxy groups -OCH3 is 1. The monoisotopic (exact) mass is 217 g/mol. The summed E-state index contributed by atoms with van der Waals surface area (Å²) in [6.45, 7) is 0.956. The van der Waals surface area contributed by atoms with Gasteiger partial charge in [0, 0.05) is 12.3 Å². The molecule has 1 atom stereocenters. The lowest BCUT2D eigenvalue weighted by atomic mass is 10.1. The normalized spacial score (nSPS) is 18.3. The van der Waals surface area contributed by atoms with Gasteiger partial charge in [-0.15, -0.1) is 0 Å². The van der Waals surface area contributed by atoms with Crippen LogP contribution in [0.3, 0.4) is 0 Å². The van der Waals surface area contributed by atoms with Gasteiger partial charge in [0.15, 0.2) is 0 Å². The molecule has 0 bridgehead atoms. The highest BCUT2D eigenvalue weighted by Gasteiger charge is 2.39. The van der Waals surface area contributed by atoms with Gasteiger partial charge in [0.2, 0.25) is 0 Å². The zero-order chi connectivity index (χ0) is 10.6. The van der Waals surface area contributed by atoms with Gasteiger partial charge < -0.3 is 4.74 Å². The number of hydrogen-bond acceptors (Lipinski definition) is 4. The molecule has 1 aliphatic rings. The van der Waals surface area contributed by atoms with Gasteiger partial charge in [-0.25, -0.2) is 0 Å². The first-order chi connectivity index (χ1) is 6.70. The molecular formula is C10H19NO2S. The first kappa shape index (κ1) is 11.9. The molecule has 0 amide bonds. The third-order valence-electron chi connectivity index (χ3n) is 2.63. The number of likely N-dealkylation sites (N-methyl/N-ethyl adjacent to an activating group) is 1. The van der Waals surface area contributed by atoms with Crippen LogP contribution in [0.25, 0.3) is 0 Å². The number of thioether (sulfide) groups is 1. The number of hydrogen-bond donors (Lipinski definition) is 0. The fraction of sp³-hybridized carbons (Fsp3) is 0.900. The van der Waals surface area contributed by atoms with Crippen molar-refractivity contribution in [3.05, 3.63) is 0 Å². The molecule has 0 heterocycles. The van der Waals surface area contributed by atoms with Crippen molar-refractivity contribution in [3.63, 3.8) is 0 Å². The van der Waals surface area contributed by atoms with Crippen molar-refractivity contribution in [2.45, 2.75) is 18.9 Å². The maximum atomic E-state index is 11.5. The summed E-state index contributed by atoms with van der Waals surface area (Å²) in [5.41, 5.74) is 0.